The summed E-state index contributed by atoms with van der Waals surface area (Å²) in [6.07, 6.45) is 5.55. The Balaban J connectivity index is 2.13. The van der Waals surface area contributed by atoms with Crippen LogP contribution in [0.2, 0.25) is 0 Å². The summed E-state index contributed by atoms with van der Waals surface area (Å²) in [5.41, 5.74) is 0.906. The number of carbonyl (C=O) groups excluding carboxylic acids is 1. The van der Waals surface area contributed by atoms with Crippen LogP contribution in [0.5, 0.6) is 0 Å². The number of benzene rings is 1. The van der Waals surface area contributed by atoms with Crippen LogP contribution in [-0.4, -0.2) is 48.1 Å². The van der Waals surface area contributed by atoms with Crippen LogP contribution in [0.15, 0.2) is 30.3 Å². The summed E-state index contributed by atoms with van der Waals surface area (Å²) >= 11 is 0. The van der Waals surface area contributed by atoms with E-state index in [9.17, 15) is 9.59 Å². The first-order valence-corrected chi connectivity index (χ1v) is 7.85. The summed E-state index contributed by atoms with van der Waals surface area (Å²) in [5, 5.41) is 8.83. The third-order valence-electron chi connectivity index (χ3n) is 4.05. The van der Waals surface area contributed by atoms with Crippen molar-refractivity contribution >= 4 is 17.6 Å². The zero-order valence-corrected chi connectivity index (χ0v) is 13.1. The van der Waals surface area contributed by atoms with Crippen molar-refractivity contribution in [2.24, 2.45) is 0 Å². The van der Waals surface area contributed by atoms with E-state index in [0.29, 0.717) is 0 Å². The lowest BCUT2D eigenvalue weighted by Gasteiger charge is -2.35. The highest BCUT2D eigenvalue weighted by atomic mass is 16.4. The number of likely N-dealkylation sites (N-methyl/N-ethyl adjacent to an activating group) is 1. The second-order valence-corrected chi connectivity index (χ2v) is 5.96. The molecule has 0 bridgehead atoms. The molecule has 0 heterocycles. The van der Waals surface area contributed by atoms with Gasteiger partial charge in [-0.2, -0.15) is 0 Å². The number of carboxylic acid groups (broad SMARTS) is 1. The van der Waals surface area contributed by atoms with Crippen molar-refractivity contribution in [2.45, 2.75) is 38.1 Å². The van der Waals surface area contributed by atoms with Gasteiger partial charge < -0.3 is 10.0 Å². The Morgan fingerprint density at radius 3 is 2.32 bits per heavy atom. The molecule has 1 amide bonds. The molecule has 0 spiro atoms. The fourth-order valence-corrected chi connectivity index (χ4v) is 3.08. The molecule has 1 N–H and O–H groups in total. The van der Waals surface area contributed by atoms with Gasteiger partial charge in [0.1, 0.15) is 0 Å². The van der Waals surface area contributed by atoms with Crippen molar-refractivity contribution in [2.75, 3.05) is 25.0 Å². The SMILES string of the molecule is CN(CC(=O)O)CC(=O)N(c1ccccc1)C1CCCCC1. The first kappa shape index (κ1) is 16.5. The average Bonchev–Trinajstić information content (AvgIpc) is 2.48. The number of hydrogen-bond donors (Lipinski definition) is 1. The van der Waals surface area contributed by atoms with Gasteiger partial charge in [0.25, 0.3) is 0 Å². The zero-order chi connectivity index (χ0) is 15.9. The Kier molecular flexibility index (Phi) is 5.95. The molecule has 0 aromatic heterocycles. The molecule has 1 aliphatic carbocycles. The highest BCUT2D eigenvalue weighted by molar-refractivity contribution is 5.95. The number of hydrogen-bond acceptors (Lipinski definition) is 3. The zero-order valence-electron chi connectivity index (χ0n) is 13.1. The van der Waals surface area contributed by atoms with Crippen molar-refractivity contribution in [3.63, 3.8) is 0 Å². The fourth-order valence-electron chi connectivity index (χ4n) is 3.08. The summed E-state index contributed by atoms with van der Waals surface area (Å²) in [7, 11) is 1.66. The van der Waals surface area contributed by atoms with Crippen molar-refractivity contribution < 1.29 is 14.7 Å². The number of amides is 1. The van der Waals surface area contributed by atoms with Gasteiger partial charge in [0.2, 0.25) is 5.91 Å². The van der Waals surface area contributed by atoms with E-state index >= 15 is 0 Å². The van der Waals surface area contributed by atoms with Gasteiger partial charge in [-0.1, -0.05) is 37.5 Å². The number of anilines is 1. The Hall–Kier alpha value is -1.88. The van der Waals surface area contributed by atoms with E-state index in [1.165, 1.54) is 6.42 Å². The van der Waals surface area contributed by atoms with E-state index in [1.807, 2.05) is 35.2 Å². The van der Waals surface area contributed by atoms with E-state index in [-0.39, 0.29) is 25.0 Å². The molecule has 1 aromatic carbocycles. The molecule has 120 valence electrons. The summed E-state index contributed by atoms with van der Waals surface area (Å²) in [4.78, 5) is 26.9. The lowest BCUT2D eigenvalue weighted by molar-refractivity contribution is -0.138. The Bertz CT molecular complexity index is 498. The van der Waals surface area contributed by atoms with Crippen molar-refractivity contribution in [1.29, 1.82) is 0 Å². The van der Waals surface area contributed by atoms with Crippen LogP contribution in [0.4, 0.5) is 5.69 Å². The van der Waals surface area contributed by atoms with E-state index < -0.39 is 5.97 Å². The topological polar surface area (TPSA) is 60.9 Å². The first-order valence-electron chi connectivity index (χ1n) is 7.85. The van der Waals surface area contributed by atoms with Crippen LogP contribution in [-0.2, 0) is 9.59 Å². The number of carboxylic acids is 1. The smallest absolute Gasteiger partial charge is 0.317 e. The molecule has 5 nitrogen and oxygen atoms in total. The number of para-hydroxylation sites is 1. The molecule has 1 fully saturated rings. The molecule has 1 aliphatic rings. The molecule has 0 unspecified atom stereocenters. The number of nitrogens with zero attached hydrogens (tertiary/aromatic N) is 2. The van der Waals surface area contributed by atoms with Crippen LogP contribution in [0, 0.1) is 0 Å². The normalized spacial score (nSPS) is 15.7. The van der Waals surface area contributed by atoms with Crippen LogP contribution >= 0.6 is 0 Å². The summed E-state index contributed by atoms with van der Waals surface area (Å²) < 4.78 is 0. The Morgan fingerprint density at radius 2 is 1.73 bits per heavy atom. The van der Waals surface area contributed by atoms with Gasteiger partial charge >= 0.3 is 5.97 Å². The molecule has 5 heteroatoms. The molecule has 2 rings (SSSR count). The molecule has 22 heavy (non-hydrogen) atoms. The molecular formula is C17H24N2O3. The van der Waals surface area contributed by atoms with Gasteiger partial charge in [0, 0.05) is 11.7 Å². The Labute approximate surface area is 131 Å². The van der Waals surface area contributed by atoms with Gasteiger partial charge in [-0.05, 0) is 32.0 Å². The number of rotatable bonds is 6. The maximum atomic E-state index is 12.7. The van der Waals surface area contributed by atoms with E-state index in [4.69, 9.17) is 5.11 Å². The number of carbonyl (C=O) groups is 2. The van der Waals surface area contributed by atoms with Gasteiger partial charge in [-0.15, -0.1) is 0 Å². The molecule has 0 aliphatic heterocycles. The Morgan fingerprint density at radius 1 is 1.09 bits per heavy atom. The monoisotopic (exact) mass is 304 g/mol. The maximum absolute atomic E-state index is 12.7. The van der Waals surface area contributed by atoms with Gasteiger partial charge in [0.15, 0.2) is 0 Å². The van der Waals surface area contributed by atoms with Gasteiger partial charge in [-0.25, -0.2) is 0 Å². The summed E-state index contributed by atoms with van der Waals surface area (Å²) in [6, 6.07) is 9.91. The largest absolute Gasteiger partial charge is 0.480 e. The minimum absolute atomic E-state index is 0.0261. The first-order chi connectivity index (χ1) is 10.6. The number of aliphatic carboxylic acids is 1. The fraction of sp³-hybridized carbons (Fsp3) is 0.529. The maximum Gasteiger partial charge on any atom is 0.317 e. The quantitative estimate of drug-likeness (QED) is 0.876. The minimum atomic E-state index is -0.917. The molecular weight excluding hydrogens is 280 g/mol. The molecule has 0 saturated heterocycles. The lowest BCUT2D eigenvalue weighted by atomic mass is 9.93. The van der Waals surface area contributed by atoms with Gasteiger partial charge in [-0.3, -0.25) is 14.5 Å². The molecule has 0 radical (unpaired) electrons. The lowest BCUT2D eigenvalue weighted by Crippen LogP contribution is -2.46. The van der Waals surface area contributed by atoms with Crippen LogP contribution < -0.4 is 4.90 Å². The third kappa shape index (κ3) is 4.56. The predicted molar refractivity (Wildman–Crippen MR) is 85.9 cm³/mol. The van der Waals surface area contributed by atoms with E-state index in [1.54, 1.807) is 11.9 Å². The molecule has 1 aromatic rings. The average molecular weight is 304 g/mol. The van der Waals surface area contributed by atoms with Crippen molar-refractivity contribution in [3.05, 3.63) is 30.3 Å². The summed E-state index contributed by atoms with van der Waals surface area (Å²) in [5.74, 6) is -0.943. The molecule has 1 saturated carbocycles. The second kappa shape index (κ2) is 7.94. The standard InChI is InChI=1S/C17H24N2O3/c1-18(13-17(21)22)12-16(20)19(14-8-4-2-5-9-14)15-10-6-3-7-11-15/h2,4-5,8-9,15H,3,6-7,10-13H2,1H3,(H,21,22). The summed E-state index contributed by atoms with van der Waals surface area (Å²) in [6.45, 7) is -0.00324. The van der Waals surface area contributed by atoms with Crippen LogP contribution in [0.25, 0.3) is 0 Å². The minimum Gasteiger partial charge on any atom is -0.480 e. The highest BCUT2D eigenvalue weighted by Gasteiger charge is 2.27. The van der Waals surface area contributed by atoms with Crippen LogP contribution in [0.1, 0.15) is 32.1 Å². The highest BCUT2D eigenvalue weighted by Crippen LogP contribution is 2.27. The third-order valence-corrected chi connectivity index (χ3v) is 4.05. The predicted octanol–water partition coefficient (Wildman–Crippen LogP) is 2.37. The van der Waals surface area contributed by atoms with Crippen molar-refractivity contribution in [1.82, 2.24) is 4.90 Å². The van der Waals surface area contributed by atoms with Crippen molar-refractivity contribution in [3.8, 4) is 0 Å². The van der Waals surface area contributed by atoms with E-state index in [2.05, 4.69) is 0 Å². The molecule has 0 atom stereocenters. The van der Waals surface area contributed by atoms with E-state index in [0.717, 1.165) is 31.4 Å². The second-order valence-electron chi connectivity index (χ2n) is 5.96. The van der Waals surface area contributed by atoms with Crippen LogP contribution in [0.3, 0.4) is 0 Å². The van der Waals surface area contributed by atoms with Gasteiger partial charge in [0.05, 0.1) is 13.1 Å².